The lowest BCUT2D eigenvalue weighted by Crippen LogP contribution is -2.33. The first-order valence-electron chi connectivity index (χ1n) is 6.65. The third-order valence-corrected chi connectivity index (χ3v) is 4.61. The van der Waals surface area contributed by atoms with Gasteiger partial charge < -0.3 is 5.32 Å². The Morgan fingerprint density at radius 1 is 1.39 bits per heavy atom. The van der Waals surface area contributed by atoms with E-state index >= 15 is 0 Å². The molecule has 1 atom stereocenters. The molecule has 1 saturated carbocycles. The molecule has 1 aromatic heterocycles. The first-order valence-corrected chi connectivity index (χ1v) is 7.80. The van der Waals surface area contributed by atoms with Gasteiger partial charge in [-0.05, 0) is 19.9 Å². The number of nitrogens with one attached hydrogen (secondary N) is 1. The van der Waals surface area contributed by atoms with Gasteiger partial charge in [0, 0.05) is 48.6 Å². The second kappa shape index (κ2) is 5.55. The van der Waals surface area contributed by atoms with Crippen LogP contribution in [0.2, 0.25) is 0 Å². The Morgan fingerprint density at radius 3 is 2.83 bits per heavy atom. The zero-order valence-electron chi connectivity index (χ0n) is 10.8. The van der Waals surface area contributed by atoms with E-state index in [9.17, 15) is 0 Å². The van der Waals surface area contributed by atoms with Gasteiger partial charge in [-0.25, -0.2) is 9.97 Å². The zero-order valence-corrected chi connectivity index (χ0v) is 11.6. The van der Waals surface area contributed by atoms with Crippen LogP contribution < -0.4 is 5.32 Å². The summed E-state index contributed by atoms with van der Waals surface area (Å²) in [5.41, 5.74) is 1.19. The molecular weight excluding hydrogens is 244 g/mol. The summed E-state index contributed by atoms with van der Waals surface area (Å²) < 4.78 is 0. The van der Waals surface area contributed by atoms with Gasteiger partial charge >= 0.3 is 0 Å². The second-order valence-corrected chi connectivity index (χ2v) is 6.33. The monoisotopic (exact) mass is 264 g/mol. The lowest BCUT2D eigenvalue weighted by molar-refractivity contribution is 0.264. The quantitative estimate of drug-likeness (QED) is 0.891. The summed E-state index contributed by atoms with van der Waals surface area (Å²) in [7, 11) is 2.16. The molecule has 1 N–H and O–H groups in total. The van der Waals surface area contributed by atoms with Gasteiger partial charge in [0.05, 0.1) is 6.04 Å². The molecular formula is C13H20N4S. The van der Waals surface area contributed by atoms with E-state index in [-0.39, 0.29) is 0 Å². The predicted octanol–water partition coefficient (Wildman–Crippen LogP) is 1.45. The first-order chi connectivity index (χ1) is 8.83. The van der Waals surface area contributed by atoms with E-state index in [1.807, 2.05) is 24.2 Å². The van der Waals surface area contributed by atoms with E-state index in [4.69, 9.17) is 0 Å². The molecule has 1 saturated heterocycles. The maximum Gasteiger partial charge on any atom is 0.146 e. The van der Waals surface area contributed by atoms with Crippen LogP contribution in [0.5, 0.6) is 0 Å². The highest BCUT2D eigenvalue weighted by Crippen LogP contribution is 2.25. The van der Waals surface area contributed by atoms with E-state index < -0.39 is 0 Å². The van der Waals surface area contributed by atoms with Crippen LogP contribution in [0.4, 0.5) is 0 Å². The smallest absolute Gasteiger partial charge is 0.146 e. The molecule has 0 radical (unpaired) electrons. The fourth-order valence-corrected chi connectivity index (χ4v) is 3.35. The highest BCUT2D eigenvalue weighted by Gasteiger charge is 2.23. The third-order valence-electron chi connectivity index (χ3n) is 3.59. The van der Waals surface area contributed by atoms with Crippen LogP contribution in [0, 0.1) is 0 Å². The molecule has 2 heterocycles. The highest BCUT2D eigenvalue weighted by atomic mass is 32.2. The molecule has 1 aliphatic carbocycles. The summed E-state index contributed by atoms with van der Waals surface area (Å²) in [6, 6.07) is 1.12. The fraction of sp³-hybridized carbons (Fsp3) is 0.692. The molecule has 2 fully saturated rings. The largest absolute Gasteiger partial charge is 0.310 e. The van der Waals surface area contributed by atoms with Gasteiger partial charge in [0.2, 0.25) is 0 Å². The molecule has 1 unspecified atom stereocenters. The Kier molecular flexibility index (Phi) is 3.82. The van der Waals surface area contributed by atoms with Crippen LogP contribution in [-0.4, -0.2) is 46.0 Å². The average Bonchev–Trinajstić information content (AvgIpc) is 3.22. The van der Waals surface area contributed by atoms with E-state index in [1.54, 1.807) is 0 Å². The van der Waals surface area contributed by atoms with Crippen LogP contribution in [0.15, 0.2) is 12.4 Å². The molecule has 3 rings (SSSR count). The van der Waals surface area contributed by atoms with Crippen molar-refractivity contribution in [2.45, 2.75) is 31.5 Å². The van der Waals surface area contributed by atoms with Crippen molar-refractivity contribution < 1.29 is 0 Å². The molecule has 1 aliphatic heterocycles. The van der Waals surface area contributed by atoms with Gasteiger partial charge in [-0.15, -0.1) is 0 Å². The van der Waals surface area contributed by atoms with Crippen LogP contribution in [0.1, 0.15) is 30.3 Å². The molecule has 98 valence electrons. The Hall–Kier alpha value is -0.650. The van der Waals surface area contributed by atoms with Crippen molar-refractivity contribution in [1.29, 1.82) is 0 Å². The first kappa shape index (κ1) is 12.4. The van der Waals surface area contributed by atoms with Gasteiger partial charge in [-0.3, -0.25) is 4.90 Å². The lowest BCUT2D eigenvalue weighted by atomic mass is 10.2. The van der Waals surface area contributed by atoms with Crippen molar-refractivity contribution >= 4 is 11.8 Å². The standard InChI is InChI=1S/C13H20N4S/c1-17-4-5-18-9-12(17)13-15-7-10(8-16-13)6-14-11-2-3-11/h7-8,11-12,14H,2-6,9H2,1H3. The maximum absolute atomic E-state index is 4.55. The minimum atomic E-state index is 0.384. The average molecular weight is 264 g/mol. The van der Waals surface area contributed by atoms with Crippen molar-refractivity contribution in [2.24, 2.45) is 0 Å². The Labute approximate surface area is 113 Å². The van der Waals surface area contributed by atoms with Crippen LogP contribution >= 0.6 is 11.8 Å². The Morgan fingerprint density at radius 2 is 2.17 bits per heavy atom. The number of hydrogen-bond acceptors (Lipinski definition) is 5. The van der Waals surface area contributed by atoms with Gasteiger partial charge in [-0.2, -0.15) is 11.8 Å². The normalized spacial score (nSPS) is 25.3. The lowest BCUT2D eigenvalue weighted by Gasteiger charge is -2.30. The summed E-state index contributed by atoms with van der Waals surface area (Å²) in [6.45, 7) is 2.03. The minimum absolute atomic E-state index is 0.384. The van der Waals surface area contributed by atoms with E-state index in [0.717, 1.165) is 30.7 Å². The third kappa shape index (κ3) is 3.02. The molecule has 0 bridgehead atoms. The predicted molar refractivity (Wildman–Crippen MR) is 74.6 cm³/mol. The second-order valence-electron chi connectivity index (χ2n) is 5.18. The van der Waals surface area contributed by atoms with Gasteiger partial charge in [0.25, 0.3) is 0 Å². The van der Waals surface area contributed by atoms with Gasteiger partial charge in [0.1, 0.15) is 5.82 Å². The molecule has 2 aliphatic rings. The van der Waals surface area contributed by atoms with Crippen molar-refractivity contribution in [2.75, 3.05) is 25.1 Å². The topological polar surface area (TPSA) is 41.1 Å². The summed E-state index contributed by atoms with van der Waals surface area (Å²) >= 11 is 1.99. The maximum atomic E-state index is 4.55. The SMILES string of the molecule is CN1CCSCC1c1ncc(CNC2CC2)cn1. The van der Waals surface area contributed by atoms with Crippen LogP contribution in [0.3, 0.4) is 0 Å². The number of thioether (sulfide) groups is 1. The van der Waals surface area contributed by atoms with Gasteiger partial charge in [-0.1, -0.05) is 0 Å². The van der Waals surface area contributed by atoms with Crippen molar-refractivity contribution in [3.05, 3.63) is 23.8 Å². The molecule has 18 heavy (non-hydrogen) atoms. The minimum Gasteiger partial charge on any atom is -0.310 e. The number of rotatable bonds is 4. The number of hydrogen-bond donors (Lipinski definition) is 1. The van der Waals surface area contributed by atoms with Crippen molar-refractivity contribution in [3.63, 3.8) is 0 Å². The Balaban J connectivity index is 1.61. The molecule has 5 heteroatoms. The summed E-state index contributed by atoms with van der Waals surface area (Å²) in [6.07, 6.45) is 6.60. The summed E-state index contributed by atoms with van der Waals surface area (Å²) in [5.74, 6) is 3.30. The molecule has 0 amide bonds. The summed E-state index contributed by atoms with van der Waals surface area (Å²) in [4.78, 5) is 11.4. The highest BCUT2D eigenvalue weighted by molar-refractivity contribution is 7.99. The molecule has 0 aromatic carbocycles. The number of nitrogens with zero attached hydrogens (tertiary/aromatic N) is 3. The molecule has 4 nitrogen and oxygen atoms in total. The van der Waals surface area contributed by atoms with Crippen molar-refractivity contribution in [3.8, 4) is 0 Å². The van der Waals surface area contributed by atoms with Crippen molar-refractivity contribution in [1.82, 2.24) is 20.2 Å². The molecule has 0 spiro atoms. The van der Waals surface area contributed by atoms with Crippen LogP contribution in [0.25, 0.3) is 0 Å². The zero-order chi connectivity index (χ0) is 12.4. The van der Waals surface area contributed by atoms with E-state index in [1.165, 1.54) is 24.2 Å². The molecule has 1 aromatic rings. The van der Waals surface area contributed by atoms with E-state index in [2.05, 4.69) is 27.2 Å². The van der Waals surface area contributed by atoms with Crippen LogP contribution in [-0.2, 0) is 6.54 Å². The van der Waals surface area contributed by atoms with E-state index in [0.29, 0.717) is 6.04 Å². The summed E-state index contributed by atoms with van der Waals surface area (Å²) in [5, 5.41) is 3.49. The van der Waals surface area contributed by atoms with Gasteiger partial charge in [0.15, 0.2) is 0 Å². The Bertz CT molecular complexity index is 390. The number of aromatic nitrogens is 2. The fourth-order valence-electron chi connectivity index (χ4n) is 2.14.